The highest BCUT2D eigenvalue weighted by Crippen LogP contribution is 2.32. The number of anilines is 1. The minimum absolute atomic E-state index is 0.139. The van der Waals surface area contributed by atoms with Crippen LogP contribution in [0.2, 0.25) is 0 Å². The van der Waals surface area contributed by atoms with Gasteiger partial charge in [0.1, 0.15) is 6.10 Å². The number of amides is 1. The van der Waals surface area contributed by atoms with E-state index in [2.05, 4.69) is 0 Å². The zero-order valence-corrected chi connectivity index (χ0v) is 9.85. The minimum atomic E-state index is -4.45. The fraction of sp³-hybridized carbons (Fsp3) is 0.417. The van der Waals surface area contributed by atoms with Crippen LogP contribution in [-0.2, 0) is 10.9 Å². The summed E-state index contributed by atoms with van der Waals surface area (Å²) in [5, 5.41) is 8.76. The van der Waals surface area contributed by atoms with Crippen molar-refractivity contribution in [1.29, 1.82) is 0 Å². The van der Waals surface area contributed by atoms with E-state index in [1.807, 2.05) is 0 Å². The first-order chi connectivity index (χ1) is 8.91. The first-order valence-corrected chi connectivity index (χ1v) is 5.68. The number of rotatable bonds is 3. The second-order valence-corrected chi connectivity index (χ2v) is 4.18. The number of carbonyl (C=O) groups excluding carboxylic acids is 1. The maximum absolute atomic E-state index is 12.6. The number of halogens is 3. The summed E-state index contributed by atoms with van der Waals surface area (Å²) in [4.78, 5) is 12.7. The summed E-state index contributed by atoms with van der Waals surface area (Å²) in [7, 11) is 0. The first-order valence-electron chi connectivity index (χ1n) is 5.68. The van der Waals surface area contributed by atoms with Crippen molar-refractivity contribution in [2.24, 2.45) is 0 Å². The molecular weight excluding hydrogens is 263 g/mol. The summed E-state index contributed by atoms with van der Waals surface area (Å²) in [6.45, 7) is -0.00488. The van der Waals surface area contributed by atoms with Crippen LogP contribution in [0.25, 0.3) is 0 Å². The minimum Gasteiger partial charge on any atom is -0.444 e. The van der Waals surface area contributed by atoms with E-state index in [1.54, 1.807) is 0 Å². The summed E-state index contributed by atoms with van der Waals surface area (Å²) in [5.41, 5.74) is -0.677. The third-order valence-corrected chi connectivity index (χ3v) is 2.81. The molecule has 1 aromatic carbocycles. The average molecular weight is 275 g/mol. The van der Waals surface area contributed by atoms with E-state index in [0.717, 1.165) is 17.0 Å². The van der Waals surface area contributed by atoms with Gasteiger partial charge in [-0.2, -0.15) is 13.2 Å². The second kappa shape index (κ2) is 5.08. The van der Waals surface area contributed by atoms with Gasteiger partial charge in [0.15, 0.2) is 0 Å². The van der Waals surface area contributed by atoms with Crippen molar-refractivity contribution < 1.29 is 27.8 Å². The number of nitrogens with zero attached hydrogens (tertiary/aromatic N) is 1. The van der Waals surface area contributed by atoms with Crippen LogP contribution >= 0.6 is 0 Å². The molecule has 1 N–H and O–H groups in total. The average Bonchev–Trinajstić information content (AvgIpc) is 2.70. The van der Waals surface area contributed by atoms with Gasteiger partial charge in [-0.05, 0) is 18.2 Å². The van der Waals surface area contributed by atoms with Crippen LogP contribution in [0.15, 0.2) is 24.3 Å². The fourth-order valence-corrected chi connectivity index (χ4v) is 1.88. The van der Waals surface area contributed by atoms with Crippen LogP contribution in [0.5, 0.6) is 0 Å². The largest absolute Gasteiger partial charge is 0.444 e. The number of cyclic esters (lactones) is 1. The van der Waals surface area contributed by atoms with Gasteiger partial charge in [0.05, 0.1) is 12.1 Å². The summed E-state index contributed by atoms with van der Waals surface area (Å²) in [6, 6.07) is 4.50. The van der Waals surface area contributed by atoms with Crippen LogP contribution in [0, 0.1) is 0 Å². The van der Waals surface area contributed by atoms with Crippen LogP contribution in [0.4, 0.5) is 23.7 Å². The highest BCUT2D eigenvalue weighted by atomic mass is 19.4. The lowest BCUT2D eigenvalue weighted by molar-refractivity contribution is -0.137. The lowest BCUT2D eigenvalue weighted by Crippen LogP contribution is -2.25. The Bertz CT molecular complexity index is 476. The van der Waals surface area contributed by atoms with Gasteiger partial charge < -0.3 is 9.84 Å². The normalized spacial score (nSPS) is 19.7. The van der Waals surface area contributed by atoms with Gasteiger partial charge in [0.2, 0.25) is 0 Å². The Labute approximate surface area is 107 Å². The van der Waals surface area contributed by atoms with Crippen molar-refractivity contribution >= 4 is 11.8 Å². The van der Waals surface area contributed by atoms with Crippen molar-refractivity contribution in [3.05, 3.63) is 29.8 Å². The van der Waals surface area contributed by atoms with E-state index in [0.29, 0.717) is 0 Å². The number of hydrogen-bond acceptors (Lipinski definition) is 3. The van der Waals surface area contributed by atoms with E-state index in [1.165, 1.54) is 12.1 Å². The molecule has 0 saturated carbocycles. The third-order valence-electron chi connectivity index (χ3n) is 2.81. The quantitative estimate of drug-likeness (QED) is 0.921. The summed E-state index contributed by atoms with van der Waals surface area (Å²) < 4.78 is 42.7. The third kappa shape index (κ3) is 2.98. The predicted molar refractivity (Wildman–Crippen MR) is 60.8 cm³/mol. The fourth-order valence-electron chi connectivity index (χ4n) is 1.88. The van der Waals surface area contributed by atoms with Crippen LogP contribution in [0.3, 0.4) is 0 Å². The number of benzene rings is 1. The number of ether oxygens (including phenoxy) is 1. The highest BCUT2D eigenvalue weighted by molar-refractivity contribution is 5.89. The van der Waals surface area contributed by atoms with Crippen molar-refractivity contribution in [3.63, 3.8) is 0 Å². The first kappa shape index (κ1) is 13.7. The molecule has 104 valence electrons. The number of carbonyl (C=O) groups is 1. The molecule has 1 heterocycles. The molecule has 1 unspecified atom stereocenters. The molecule has 1 atom stereocenters. The molecule has 1 aliphatic rings. The molecule has 0 radical (unpaired) electrons. The molecule has 0 spiro atoms. The molecule has 0 bridgehead atoms. The standard InChI is InChI=1S/C12H12F3NO3/c13-12(14,15)8-2-1-3-9(6-8)16-7-10(4-5-17)19-11(16)18/h1-3,6,10,17H,4-5,7H2. The van der Waals surface area contributed by atoms with Gasteiger partial charge in [0, 0.05) is 18.7 Å². The van der Waals surface area contributed by atoms with Gasteiger partial charge in [-0.1, -0.05) is 6.07 Å². The molecule has 2 rings (SSSR count). The molecule has 1 fully saturated rings. The maximum Gasteiger partial charge on any atom is 0.416 e. The van der Waals surface area contributed by atoms with Crippen molar-refractivity contribution in [2.45, 2.75) is 18.7 Å². The number of hydrogen-bond donors (Lipinski definition) is 1. The maximum atomic E-state index is 12.6. The van der Waals surface area contributed by atoms with Gasteiger partial charge in [-0.25, -0.2) is 4.79 Å². The number of aliphatic hydroxyl groups excluding tert-OH is 1. The summed E-state index contributed by atoms with van der Waals surface area (Å²) in [5.74, 6) is 0. The van der Waals surface area contributed by atoms with Crippen LogP contribution < -0.4 is 4.90 Å². The Balaban J connectivity index is 2.21. The Morgan fingerprint density at radius 2 is 2.16 bits per heavy atom. The Morgan fingerprint density at radius 3 is 2.79 bits per heavy atom. The zero-order valence-electron chi connectivity index (χ0n) is 9.85. The Morgan fingerprint density at radius 1 is 1.42 bits per heavy atom. The SMILES string of the molecule is O=C1OC(CCO)CN1c1cccc(C(F)(F)F)c1. The zero-order chi connectivity index (χ0) is 14.0. The van der Waals surface area contributed by atoms with Crippen molar-refractivity contribution in [3.8, 4) is 0 Å². The second-order valence-electron chi connectivity index (χ2n) is 4.18. The molecular formula is C12H12F3NO3. The van der Waals surface area contributed by atoms with Gasteiger partial charge in [-0.3, -0.25) is 4.90 Å². The van der Waals surface area contributed by atoms with Crippen LogP contribution in [0.1, 0.15) is 12.0 Å². The molecule has 19 heavy (non-hydrogen) atoms. The molecule has 1 saturated heterocycles. The van der Waals surface area contributed by atoms with E-state index >= 15 is 0 Å². The Kier molecular flexibility index (Phi) is 3.66. The van der Waals surface area contributed by atoms with Crippen molar-refractivity contribution in [2.75, 3.05) is 18.1 Å². The molecule has 4 nitrogen and oxygen atoms in total. The molecule has 0 aliphatic carbocycles. The van der Waals surface area contributed by atoms with E-state index < -0.39 is 23.9 Å². The van der Waals surface area contributed by atoms with Gasteiger partial charge >= 0.3 is 12.3 Å². The van der Waals surface area contributed by atoms with Crippen molar-refractivity contribution in [1.82, 2.24) is 0 Å². The smallest absolute Gasteiger partial charge is 0.416 e. The van der Waals surface area contributed by atoms with E-state index in [9.17, 15) is 18.0 Å². The van der Waals surface area contributed by atoms with E-state index in [4.69, 9.17) is 9.84 Å². The van der Waals surface area contributed by atoms with E-state index in [-0.39, 0.29) is 25.3 Å². The predicted octanol–water partition coefficient (Wildman–Crippen LogP) is 2.41. The Hall–Kier alpha value is -1.76. The topological polar surface area (TPSA) is 49.8 Å². The number of aliphatic hydroxyl groups is 1. The lowest BCUT2D eigenvalue weighted by atomic mass is 10.1. The molecule has 1 amide bonds. The van der Waals surface area contributed by atoms with Gasteiger partial charge in [0.25, 0.3) is 0 Å². The van der Waals surface area contributed by atoms with Gasteiger partial charge in [-0.15, -0.1) is 0 Å². The molecule has 1 aliphatic heterocycles. The monoisotopic (exact) mass is 275 g/mol. The van der Waals surface area contributed by atoms with Crippen LogP contribution in [-0.4, -0.2) is 30.5 Å². The number of alkyl halides is 3. The summed E-state index contributed by atoms with van der Waals surface area (Å²) >= 11 is 0. The summed E-state index contributed by atoms with van der Waals surface area (Å²) in [6.07, 6.45) is -5.38. The lowest BCUT2D eigenvalue weighted by Gasteiger charge is -2.15. The molecule has 1 aromatic rings. The highest BCUT2D eigenvalue weighted by Gasteiger charge is 2.34. The molecule has 7 heteroatoms. The molecule has 0 aromatic heterocycles.